The van der Waals surface area contributed by atoms with E-state index in [0.717, 1.165) is 6.04 Å². The highest BCUT2D eigenvalue weighted by atomic mass is 15.2. The van der Waals surface area contributed by atoms with Crippen LogP contribution in [0.1, 0.15) is 45.4 Å². The Kier molecular flexibility index (Phi) is 3.68. The van der Waals surface area contributed by atoms with E-state index in [0.29, 0.717) is 5.41 Å². The molecule has 0 aromatic rings. The molecule has 0 aromatic heterocycles. The first-order chi connectivity index (χ1) is 7.26. The number of nitrogens with one attached hydrogen (secondary N) is 1. The molecule has 2 heteroatoms. The van der Waals surface area contributed by atoms with Gasteiger partial charge >= 0.3 is 0 Å². The summed E-state index contributed by atoms with van der Waals surface area (Å²) in [7, 11) is 2.33. The lowest BCUT2D eigenvalue weighted by Crippen LogP contribution is -2.44. The third-order valence-electron chi connectivity index (χ3n) is 4.20. The highest BCUT2D eigenvalue weighted by Gasteiger charge is 2.36. The molecule has 1 aliphatic carbocycles. The minimum absolute atomic E-state index is 0.636. The summed E-state index contributed by atoms with van der Waals surface area (Å²) in [4.78, 5) is 2.63. The number of nitrogens with zero attached hydrogens (tertiary/aromatic N) is 1. The first kappa shape index (κ1) is 11.4. The summed E-state index contributed by atoms with van der Waals surface area (Å²) in [5.41, 5.74) is 0.636. The van der Waals surface area contributed by atoms with Crippen molar-refractivity contribution in [2.24, 2.45) is 5.41 Å². The molecule has 1 saturated heterocycles. The number of rotatable bonds is 5. The van der Waals surface area contributed by atoms with Gasteiger partial charge in [-0.2, -0.15) is 0 Å². The first-order valence-electron chi connectivity index (χ1n) is 6.67. The van der Waals surface area contributed by atoms with Crippen molar-refractivity contribution in [2.75, 3.05) is 26.7 Å². The monoisotopic (exact) mass is 210 g/mol. The maximum atomic E-state index is 3.50. The maximum absolute atomic E-state index is 3.50. The van der Waals surface area contributed by atoms with E-state index in [9.17, 15) is 0 Å². The fourth-order valence-electron chi connectivity index (χ4n) is 3.15. The van der Waals surface area contributed by atoms with Gasteiger partial charge in [0.05, 0.1) is 0 Å². The fraction of sp³-hybridized carbons (Fsp3) is 1.00. The van der Waals surface area contributed by atoms with E-state index in [2.05, 4.69) is 24.2 Å². The van der Waals surface area contributed by atoms with Crippen molar-refractivity contribution in [1.29, 1.82) is 0 Å². The molecule has 15 heavy (non-hydrogen) atoms. The number of piperidine rings is 1. The quantitative estimate of drug-likeness (QED) is 0.749. The molecule has 0 aromatic carbocycles. The van der Waals surface area contributed by atoms with Gasteiger partial charge in [-0.1, -0.05) is 13.3 Å². The second-order valence-corrected chi connectivity index (χ2v) is 5.65. The molecule has 2 fully saturated rings. The third kappa shape index (κ3) is 2.94. The van der Waals surface area contributed by atoms with E-state index < -0.39 is 0 Å². The van der Waals surface area contributed by atoms with E-state index in [-0.39, 0.29) is 0 Å². The van der Waals surface area contributed by atoms with E-state index in [1.807, 2.05) is 0 Å². The lowest BCUT2D eigenvalue weighted by molar-refractivity contribution is 0.112. The van der Waals surface area contributed by atoms with Crippen molar-refractivity contribution in [2.45, 2.75) is 51.5 Å². The molecule has 0 unspecified atom stereocenters. The van der Waals surface area contributed by atoms with Crippen LogP contribution in [-0.4, -0.2) is 37.6 Å². The molecule has 0 bridgehead atoms. The van der Waals surface area contributed by atoms with Crippen molar-refractivity contribution in [3.8, 4) is 0 Å². The number of hydrogen-bond acceptors (Lipinski definition) is 2. The van der Waals surface area contributed by atoms with Crippen molar-refractivity contribution >= 4 is 0 Å². The lowest BCUT2D eigenvalue weighted by Gasteiger charge is -2.40. The first-order valence-corrected chi connectivity index (χ1v) is 6.67. The zero-order valence-electron chi connectivity index (χ0n) is 10.4. The average molecular weight is 210 g/mol. The van der Waals surface area contributed by atoms with Gasteiger partial charge in [-0.25, -0.2) is 0 Å². The Hall–Kier alpha value is -0.0800. The average Bonchev–Trinajstić information content (AvgIpc) is 3.02. The predicted octanol–water partition coefficient (Wildman–Crippen LogP) is 2.25. The fourth-order valence-corrected chi connectivity index (χ4v) is 3.15. The molecular formula is C13H26N2. The van der Waals surface area contributed by atoms with Crippen LogP contribution in [0.3, 0.4) is 0 Å². The molecule has 1 aliphatic heterocycles. The molecule has 0 spiro atoms. The molecule has 2 nitrogen and oxygen atoms in total. The van der Waals surface area contributed by atoms with Gasteiger partial charge in [-0.05, 0) is 57.7 Å². The highest BCUT2D eigenvalue weighted by molar-refractivity contribution is 4.91. The molecule has 0 amide bonds. The van der Waals surface area contributed by atoms with E-state index >= 15 is 0 Å². The summed E-state index contributed by atoms with van der Waals surface area (Å²) in [6.07, 6.45) is 8.42. The van der Waals surface area contributed by atoms with Crippen LogP contribution in [0.15, 0.2) is 0 Å². The molecule has 0 radical (unpaired) electrons. The zero-order chi connectivity index (χ0) is 10.7. The maximum Gasteiger partial charge on any atom is 0.00936 e. The van der Waals surface area contributed by atoms with Crippen LogP contribution >= 0.6 is 0 Å². The van der Waals surface area contributed by atoms with Crippen LogP contribution in [-0.2, 0) is 0 Å². The largest absolute Gasteiger partial charge is 0.317 e. The Morgan fingerprint density at radius 2 is 1.93 bits per heavy atom. The second-order valence-electron chi connectivity index (χ2n) is 5.65. The summed E-state index contributed by atoms with van der Waals surface area (Å²) >= 11 is 0. The van der Waals surface area contributed by atoms with E-state index in [1.54, 1.807) is 0 Å². The van der Waals surface area contributed by atoms with Crippen LogP contribution in [0, 0.1) is 5.41 Å². The van der Waals surface area contributed by atoms with Crippen molar-refractivity contribution < 1.29 is 0 Å². The molecule has 1 N–H and O–H groups in total. The van der Waals surface area contributed by atoms with Gasteiger partial charge in [0, 0.05) is 12.6 Å². The van der Waals surface area contributed by atoms with E-state index in [4.69, 9.17) is 0 Å². The van der Waals surface area contributed by atoms with Crippen molar-refractivity contribution in [3.63, 3.8) is 0 Å². The molecule has 2 rings (SSSR count). The van der Waals surface area contributed by atoms with Gasteiger partial charge in [-0.3, -0.25) is 0 Å². The predicted molar refractivity (Wildman–Crippen MR) is 65.1 cm³/mol. The third-order valence-corrected chi connectivity index (χ3v) is 4.20. The van der Waals surface area contributed by atoms with Crippen molar-refractivity contribution in [1.82, 2.24) is 10.2 Å². The summed E-state index contributed by atoms with van der Waals surface area (Å²) in [5.74, 6) is 0. The zero-order valence-corrected chi connectivity index (χ0v) is 10.4. The second kappa shape index (κ2) is 4.84. The van der Waals surface area contributed by atoms with Gasteiger partial charge in [0.15, 0.2) is 0 Å². The summed E-state index contributed by atoms with van der Waals surface area (Å²) in [5, 5.41) is 3.50. The van der Waals surface area contributed by atoms with E-state index in [1.165, 1.54) is 58.2 Å². The minimum Gasteiger partial charge on any atom is -0.317 e. The van der Waals surface area contributed by atoms with Crippen LogP contribution in [0.5, 0.6) is 0 Å². The smallest absolute Gasteiger partial charge is 0.00936 e. The molecule has 88 valence electrons. The summed E-state index contributed by atoms with van der Waals surface area (Å²) < 4.78 is 0. The summed E-state index contributed by atoms with van der Waals surface area (Å²) in [6.45, 7) is 6.14. The number of hydrogen-bond donors (Lipinski definition) is 1. The van der Waals surface area contributed by atoms with Crippen LogP contribution in [0.2, 0.25) is 0 Å². The molecular weight excluding hydrogens is 184 g/mol. The lowest BCUT2D eigenvalue weighted by atomic mass is 9.75. The van der Waals surface area contributed by atoms with Crippen LogP contribution in [0.25, 0.3) is 0 Å². The minimum atomic E-state index is 0.636. The Labute approximate surface area is 94.4 Å². The topological polar surface area (TPSA) is 15.3 Å². The molecule has 1 saturated carbocycles. The van der Waals surface area contributed by atoms with Gasteiger partial charge in [0.2, 0.25) is 0 Å². The Morgan fingerprint density at radius 1 is 1.27 bits per heavy atom. The molecule has 0 atom stereocenters. The van der Waals surface area contributed by atoms with Crippen molar-refractivity contribution in [3.05, 3.63) is 0 Å². The van der Waals surface area contributed by atoms with Crippen LogP contribution < -0.4 is 5.32 Å². The van der Waals surface area contributed by atoms with Gasteiger partial charge in [0.1, 0.15) is 0 Å². The molecule has 1 heterocycles. The summed E-state index contributed by atoms with van der Waals surface area (Å²) in [6, 6.07) is 0.925. The highest BCUT2D eigenvalue weighted by Crippen LogP contribution is 2.37. The SMILES string of the molecule is CCCC1(CN(C)C2CC2)CCNCC1. The van der Waals surface area contributed by atoms with Gasteiger partial charge in [-0.15, -0.1) is 0 Å². The molecule has 2 aliphatic rings. The van der Waals surface area contributed by atoms with Crippen LogP contribution in [0.4, 0.5) is 0 Å². The standard InChI is InChI=1S/C13H26N2/c1-3-6-13(7-9-14-10-8-13)11-15(2)12-4-5-12/h12,14H,3-11H2,1-2H3. The Morgan fingerprint density at radius 3 is 2.47 bits per heavy atom. The normalized spacial score (nSPS) is 25.8. The Balaban J connectivity index is 1.90. The van der Waals surface area contributed by atoms with Gasteiger partial charge in [0.25, 0.3) is 0 Å². The van der Waals surface area contributed by atoms with Gasteiger partial charge < -0.3 is 10.2 Å². The Bertz CT molecular complexity index is 187.